The molecule has 0 radical (unpaired) electrons. The molecule has 0 amide bonds. The van der Waals surface area contributed by atoms with Gasteiger partial charge in [-0.3, -0.25) is 0 Å². The minimum atomic E-state index is -0.724. The highest BCUT2D eigenvalue weighted by molar-refractivity contribution is 5.94. The molecule has 0 aliphatic rings. The first-order valence-corrected chi connectivity index (χ1v) is 6.14. The lowest BCUT2D eigenvalue weighted by atomic mass is 9.96. The summed E-state index contributed by atoms with van der Waals surface area (Å²) in [7, 11) is 0. The number of aromatic nitrogens is 1. The quantitative estimate of drug-likeness (QED) is 0.834. The molecule has 0 fully saturated rings. The van der Waals surface area contributed by atoms with Crippen LogP contribution in [0, 0.1) is 22.7 Å². The molecule has 1 aromatic carbocycles. The number of pyridine rings is 1. The van der Waals surface area contributed by atoms with Gasteiger partial charge in [-0.05, 0) is 11.5 Å². The first-order chi connectivity index (χ1) is 8.92. The summed E-state index contributed by atoms with van der Waals surface area (Å²) < 4.78 is 13.8. The third-order valence-corrected chi connectivity index (χ3v) is 2.76. The number of benzene rings is 1. The lowest BCUT2D eigenvalue weighted by molar-refractivity contribution is 0.443. The van der Waals surface area contributed by atoms with Gasteiger partial charge in [-0.2, -0.15) is 9.65 Å². The maximum absolute atomic E-state index is 13.8. The second-order valence-corrected chi connectivity index (χ2v) is 5.70. The van der Waals surface area contributed by atoms with Crippen LogP contribution in [-0.4, -0.2) is 11.5 Å². The summed E-state index contributed by atoms with van der Waals surface area (Å²) in [5.41, 5.74) is 1.09. The second kappa shape index (κ2) is 4.85. The molecule has 0 bridgehead atoms. The maximum atomic E-state index is 13.8. The largest absolute Gasteiger partial charge is 0.383 e. The van der Waals surface area contributed by atoms with E-state index in [0.29, 0.717) is 17.7 Å². The van der Waals surface area contributed by atoms with Crippen molar-refractivity contribution in [1.29, 1.82) is 5.26 Å². The molecule has 0 atom stereocenters. The average Bonchev–Trinajstić information content (AvgIpc) is 2.34. The van der Waals surface area contributed by atoms with Gasteiger partial charge in [0.25, 0.3) is 0 Å². The van der Waals surface area contributed by atoms with Crippen LogP contribution < -0.4 is 5.32 Å². The van der Waals surface area contributed by atoms with Crippen molar-refractivity contribution >= 4 is 16.6 Å². The first kappa shape index (κ1) is 13.3. The van der Waals surface area contributed by atoms with Gasteiger partial charge in [-0.15, -0.1) is 0 Å². The van der Waals surface area contributed by atoms with Gasteiger partial charge in [0, 0.05) is 11.9 Å². The van der Waals surface area contributed by atoms with E-state index in [4.69, 9.17) is 5.26 Å². The van der Waals surface area contributed by atoms with Crippen molar-refractivity contribution in [2.45, 2.75) is 20.8 Å². The molecule has 98 valence electrons. The summed E-state index contributed by atoms with van der Waals surface area (Å²) in [5.74, 6) is -0.724. The fraction of sp³-hybridized carbons (Fsp3) is 0.333. The number of halogens is 1. The molecule has 0 aliphatic carbocycles. The van der Waals surface area contributed by atoms with E-state index in [9.17, 15) is 4.39 Å². The maximum Gasteiger partial charge on any atom is 0.233 e. The smallest absolute Gasteiger partial charge is 0.233 e. The molecule has 0 saturated carbocycles. The van der Waals surface area contributed by atoms with Gasteiger partial charge in [0.2, 0.25) is 5.95 Å². The monoisotopic (exact) mass is 257 g/mol. The van der Waals surface area contributed by atoms with E-state index in [2.05, 4.69) is 31.1 Å². The number of nitrogens with one attached hydrogen (secondary N) is 1. The van der Waals surface area contributed by atoms with E-state index in [0.717, 1.165) is 5.39 Å². The third-order valence-electron chi connectivity index (χ3n) is 2.76. The van der Waals surface area contributed by atoms with Gasteiger partial charge < -0.3 is 5.32 Å². The summed E-state index contributed by atoms with van der Waals surface area (Å²) >= 11 is 0. The highest BCUT2D eigenvalue weighted by Crippen LogP contribution is 2.28. The zero-order valence-corrected chi connectivity index (χ0v) is 11.3. The van der Waals surface area contributed by atoms with Gasteiger partial charge in [0.1, 0.15) is 11.6 Å². The van der Waals surface area contributed by atoms with E-state index in [1.807, 2.05) is 18.2 Å². The normalized spacial score (nSPS) is 11.3. The Hall–Kier alpha value is -2.15. The zero-order valence-electron chi connectivity index (χ0n) is 11.3. The molecule has 2 rings (SSSR count). The van der Waals surface area contributed by atoms with E-state index in [-0.39, 0.29) is 11.0 Å². The molecule has 0 spiro atoms. The highest BCUT2D eigenvalue weighted by Gasteiger charge is 2.17. The van der Waals surface area contributed by atoms with Crippen LogP contribution in [0.3, 0.4) is 0 Å². The van der Waals surface area contributed by atoms with Crippen LogP contribution in [0.4, 0.5) is 10.1 Å². The van der Waals surface area contributed by atoms with Crippen LogP contribution >= 0.6 is 0 Å². The number of nitriles is 1. The second-order valence-electron chi connectivity index (χ2n) is 5.70. The highest BCUT2D eigenvalue weighted by atomic mass is 19.1. The van der Waals surface area contributed by atoms with Crippen LogP contribution in [-0.2, 0) is 0 Å². The average molecular weight is 257 g/mol. The molecular formula is C15H16FN3. The molecule has 1 N–H and O–H groups in total. The number of anilines is 1. The Bertz CT molecular complexity index is 651. The van der Waals surface area contributed by atoms with E-state index in [1.54, 1.807) is 12.1 Å². The minimum Gasteiger partial charge on any atom is -0.383 e. The lowest BCUT2D eigenvalue weighted by Crippen LogP contribution is -2.20. The van der Waals surface area contributed by atoms with Crippen LogP contribution in [0.1, 0.15) is 26.3 Å². The third kappa shape index (κ3) is 2.82. The molecular weight excluding hydrogens is 241 g/mol. The summed E-state index contributed by atoms with van der Waals surface area (Å²) in [6.45, 7) is 6.87. The fourth-order valence-electron chi connectivity index (χ4n) is 1.82. The van der Waals surface area contributed by atoms with Crippen molar-refractivity contribution in [1.82, 2.24) is 4.98 Å². The van der Waals surface area contributed by atoms with Crippen LogP contribution in [0.25, 0.3) is 10.9 Å². The Morgan fingerprint density at radius 1 is 1.32 bits per heavy atom. The topological polar surface area (TPSA) is 48.7 Å². The van der Waals surface area contributed by atoms with Gasteiger partial charge >= 0.3 is 0 Å². The Kier molecular flexibility index (Phi) is 3.39. The molecule has 3 nitrogen and oxygen atoms in total. The zero-order chi connectivity index (χ0) is 14.0. The predicted octanol–water partition coefficient (Wildman–Crippen LogP) is 3.70. The summed E-state index contributed by atoms with van der Waals surface area (Å²) in [4.78, 5) is 3.82. The van der Waals surface area contributed by atoms with Gasteiger partial charge in [-0.25, -0.2) is 4.98 Å². The van der Waals surface area contributed by atoms with Crippen LogP contribution in [0.5, 0.6) is 0 Å². The van der Waals surface area contributed by atoms with Crippen molar-refractivity contribution in [2.24, 2.45) is 5.41 Å². The molecule has 0 saturated heterocycles. The molecule has 1 aromatic heterocycles. The van der Waals surface area contributed by atoms with Crippen molar-refractivity contribution in [3.63, 3.8) is 0 Å². The number of hydrogen-bond donors (Lipinski definition) is 1. The van der Waals surface area contributed by atoms with Gasteiger partial charge in [0.05, 0.1) is 11.2 Å². The molecule has 4 heteroatoms. The van der Waals surface area contributed by atoms with Crippen molar-refractivity contribution < 1.29 is 4.39 Å². The first-order valence-electron chi connectivity index (χ1n) is 6.14. The number of nitrogens with zero attached hydrogens (tertiary/aromatic N) is 2. The Balaban J connectivity index is 2.58. The van der Waals surface area contributed by atoms with Crippen molar-refractivity contribution in [3.8, 4) is 6.07 Å². The minimum absolute atomic E-state index is 0.0250. The van der Waals surface area contributed by atoms with Crippen molar-refractivity contribution in [3.05, 3.63) is 35.8 Å². The molecule has 2 aromatic rings. The molecule has 19 heavy (non-hydrogen) atoms. The number of hydrogen-bond acceptors (Lipinski definition) is 3. The SMILES string of the molecule is CC(C)(C)CNc1c(C#N)c(F)nc2ccccc12. The number of para-hydroxylation sites is 1. The summed E-state index contributed by atoms with van der Waals surface area (Å²) in [6, 6.07) is 9.12. The van der Waals surface area contributed by atoms with Crippen LogP contribution in [0.15, 0.2) is 24.3 Å². The van der Waals surface area contributed by atoms with Crippen LogP contribution in [0.2, 0.25) is 0 Å². The summed E-state index contributed by atoms with van der Waals surface area (Å²) in [6.07, 6.45) is 0. The Labute approximate surface area is 112 Å². The molecule has 0 unspecified atom stereocenters. The Morgan fingerprint density at radius 3 is 2.63 bits per heavy atom. The molecule has 1 heterocycles. The Morgan fingerprint density at radius 2 is 2.00 bits per heavy atom. The lowest BCUT2D eigenvalue weighted by Gasteiger charge is -2.21. The number of fused-ring (bicyclic) bond motifs is 1. The molecule has 0 aliphatic heterocycles. The fourth-order valence-corrected chi connectivity index (χ4v) is 1.82. The summed E-state index contributed by atoms with van der Waals surface area (Å²) in [5, 5.41) is 13.1. The van der Waals surface area contributed by atoms with Gasteiger partial charge in [-0.1, -0.05) is 39.0 Å². The number of rotatable bonds is 2. The van der Waals surface area contributed by atoms with E-state index in [1.165, 1.54) is 0 Å². The van der Waals surface area contributed by atoms with Gasteiger partial charge in [0.15, 0.2) is 0 Å². The van der Waals surface area contributed by atoms with E-state index >= 15 is 0 Å². The predicted molar refractivity (Wildman–Crippen MR) is 74.4 cm³/mol. The van der Waals surface area contributed by atoms with E-state index < -0.39 is 5.95 Å². The standard InChI is InChI=1S/C15H16FN3/c1-15(2,3)9-18-13-10-6-4-5-7-12(10)19-14(16)11(13)8-17/h4-7H,9H2,1-3H3,(H,18,19). The van der Waals surface area contributed by atoms with Crippen molar-refractivity contribution in [2.75, 3.05) is 11.9 Å².